The smallest absolute Gasteiger partial charge is 0.318 e. The van der Waals surface area contributed by atoms with E-state index in [9.17, 15) is 0 Å². The van der Waals surface area contributed by atoms with E-state index in [1.807, 2.05) is 0 Å². The maximum absolute atomic E-state index is 5.89. The van der Waals surface area contributed by atoms with Crippen LogP contribution in [-0.4, -0.2) is 42.0 Å². The predicted molar refractivity (Wildman–Crippen MR) is 80.2 cm³/mol. The van der Waals surface area contributed by atoms with Gasteiger partial charge in [-0.05, 0) is 25.3 Å². The maximum atomic E-state index is 5.89. The molecular weight excluding hydrogens is 268 g/mol. The van der Waals surface area contributed by atoms with Crippen LogP contribution in [0.2, 0.25) is 0 Å². The van der Waals surface area contributed by atoms with Crippen molar-refractivity contribution in [3.63, 3.8) is 0 Å². The van der Waals surface area contributed by atoms with Crippen molar-refractivity contribution in [1.29, 1.82) is 0 Å². The minimum absolute atomic E-state index is 0.335. The van der Waals surface area contributed by atoms with Gasteiger partial charge < -0.3 is 19.4 Å². The molecule has 1 saturated heterocycles. The number of hydrogen-bond acceptors (Lipinski definition) is 6. The average molecular weight is 294 g/mol. The number of hydrogen-bond donors (Lipinski definition) is 1. The second-order valence-electron chi connectivity index (χ2n) is 6.46. The number of anilines is 1. The fraction of sp³-hybridized carbons (Fsp3) is 0.867. The molecule has 3 rings (SSSR count). The zero-order valence-corrected chi connectivity index (χ0v) is 13.0. The van der Waals surface area contributed by atoms with Crippen molar-refractivity contribution in [3.05, 3.63) is 5.89 Å². The van der Waals surface area contributed by atoms with Crippen LogP contribution < -0.4 is 10.2 Å². The molecule has 0 bridgehead atoms. The van der Waals surface area contributed by atoms with Crippen molar-refractivity contribution >= 4 is 6.01 Å². The van der Waals surface area contributed by atoms with Gasteiger partial charge in [0.2, 0.25) is 5.89 Å². The van der Waals surface area contributed by atoms with Crippen LogP contribution in [0.25, 0.3) is 0 Å². The summed E-state index contributed by atoms with van der Waals surface area (Å²) < 4.78 is 11.7. The molecule has 2 unspecified atom stereocenters. The summed E-state index contributed by atoms with van der Waals surface area (Å²) in [5.74, 6) is 1.29. The lowest BCUT2D eigenvalue weighted by Crippen LogP contribution is -2.53. The highest BCUT2D eigenvalue weighted by Crippen LogP contribution is 2.31. The minimum atomic E-state index is 0.335. The Hall–Kier alpha value is -1.14. The van der Waals surface area contributed by atoms with E-state index >= 15 is 0 Å². The van der Waals surface area contributed by atoms with Crippen molar-refractivity contribution in [2.45, 2.75) is 58.2 Å². The zero-order chi connectivity index (χ0) is 14.7. The molecule has 2 aliphatic rings. The van der Waals surface area contributed by atoms with E-state index in [1.54, 1.807) is 0 Å². The summed E-state index contributed by atoms with van der Waals surface area (Å²) in [6, 6.07) is 1.07. The summed E-state index contributed by atoms with van der Waals surface area (Å²) in [6.45, 7) is 7.57. The van der Waals surface area contributed by atoms with Gasteiger partial charge in [-0.25, -0.2) is 0 Å². The Morgan fingerprint density at radius 2 is 2.14 bits per heavy atom. The van der Waals surface area contributed by atoms with Crippen molar-refractivity contribution in [2.75, 3.05) is 24.6 Å². The van der Waals surface area contributed by atoms with Gasteiger partial charge in [-0.2, -0.15) is 0 Å². The quantitative estimate of drug-likeness (QED) is 0.895. The van der Waals surface area contributed by atoms with Gasteiger partial charge in [0.15, 0.2) is 0 Å². The Morgan fingerprint density at radius 3 is 3.00 bits per heavy atom. The molecule has 6 heteroatoms. The van der Waals surface area contributed by atoms with Gasteiger partial charge >= 0.3 is 6.01 Å². The van der Waals surface area contributed by atoms with Gasteiger partial charge in [0.25, 0.3) is 0 Å². The molecule has 0 spiro atoms. The molecule has 118 valence electrons. The number of rotatable bonds is 5. The van der Waals surface area contributed by atoms with Crippen LogP contribution in [0.3, 0.4) is 0 Å². The molecule has 1 aliphatic carbocycles. The van der Waals surface area contributed by atoms with E-state index in [0.717, 1.165) is 32.5 Å². The van der Waals surface area contributed by atoms with Crippen LogP contribution in [0.4, 0.5) is 6.01 Å². The number of nitrogens with one attached hydrogen (secondary N) is 1. The Morgan fingerprint density at radius 1 is 1.29 bits per heavy atom. The second-order valence-corrected chi connectivity index (χ2v) is 6.46. The third-order valence-corrected chi connectivity index (χ3v) is 4.26. The highest BCUT2D eigenvalue weighted by Gasteiger charge is 2.36. The Bertz CT molecular complexity index is 447. The monoisotopic (exact) mass is 294 g/mol. The first-order valence-corrected chi connectivity index (χ1v) is 8.15. The Balaban J connectivity index is 1.61. The molecular formula is C15H26N4O2. The minimum Gasteiger partial charge on any atom is -0.407 e. The number of aromatic nitrogens is 2. The number of ether oxygens (including phenoxy) is 1. The number of fused-ring (bicyclic) bond motifs is 1. The van der Waals surface area contributed by atoms with E-state index in [-0.39, 0.29) is 0 Å². The lowest BCUT2D eigenvalue weighted by molar-refractivity contribution is -0.0106. The molecule has 1 aliphatic heterocycles. The summed E-state index contributed by atoms with van der Waals surface area (Å²) in [6.07, 6.45) is 5.18. The molecule has 2 fully saturated rings. The van der Waals surface area contributed by atoms with Crippen molar-refractivity contribution in [1.82, 2.24) is 15.5 Å². The van der Waals surface area contributed by atoms with Crippen LogP contribution in [0.1, 0.15) is 45.4 Å². The average Bonchev–Trinajstić information content (AvgIpc) is 2.95. The van der Waals surface area contributed by atoms with Crippen LogP contribution in [0.5, 0.6) is 0 Å². The van der Waals surface area contributed by atoms with Crippen molar-refractivity contribution in [3.8, 4) is 0 Å². The predicted octanol–water partition coefficient (Wildman–Crippen LogP) is 1.96. The third-order valence-electron chi connectivity index (χ3n) is 4.26. The molecule has 2 atom stereocenters. The van der Waals surface area contributed by atoms with E-state index in [0.29, 0.717) is 36.5 Å². The van der Waals surface area contributed by atoms with Crippen molar-refractivity contribution < 1.29 is 9.15 Å². The molecule has 0 amide bonds. The zero-order valence-electron chi connectivity index (χ0n) is 13.0. The van der Waals surface area contributed by atoms with Crippen LogP contribution >= 0.6 is 0 Å². The first-order chi connectivity index (χ1) is 10.2. The molecule has 1 aromatic heterocycles. The summed E-state index contributed by atoms with van der Waals surface area (Å²) in [7, 11) is 0. The molecule has 21 heavy (non-hydrogen) atoms. The molecule has 1 aromatic rings. The molecule has 1 saturated carbocycles. The van der Waals surface area contributed by atoms with E-state index in [2.05, 4.69) is 34.3 Å². The fourth-order valence-corrected chi connectivity index (χ4v) is 3.23. The van der Waals surface area contributed by atoms with Crippen LogP contribution in [0.15, 0.2) is 4.42 Å². The lowest BCUT2D eigenvalue weighted by Gasteiger charge is -2.42. The van der Waals surface area contributed by atoms with Crippen molar-refractivity contribution in [2.24, 2.45) is 5.92 Å². The van der Waals surface area contributed by atoms with Gasteiger partial charge in [-0.1, -0.05) is 31.8 Å². The summed E-state index contributed by atoms with van der Waals surface area (Å²) in [4.78, 5) is 2.26. The van der Waals surface area contributed by atoms with Gasteiger partial charge in [0.05, 0.1) is 25.3 Å². The Kier molecular flexibility index (Phi) is 4.75. The third kappa shape index (κ3) is 3.55. The topological polar surface area (TPSA) is 63.4 Å². The molecule has 6 nitrogen and oxygen atoms in total. The highest BCUT2D eigenvalue weighted by atomic mass is 16.5. The standard InChI is InChI=1S/C15H26N4O2/c1-11(2)9-16-10-14-17-18-15(21-14)19-7-8-20-13-6-4-3-5-12(13)19/h11-13,16H,3-10H2,1-2H3. The first-order valence-electron chi connectivity index (χ1n) is 8.15. The number of morpholine rings is 1. The lowest BCUT2D eigenvalue weighted by atomic mass is 9.90. The first kappa shape index (κ1) is 14.8. The second kappa shape index (κ2) is 6.75. The van der Waals surface area contributed by atoms with E-state index in [1.165, 1.54) is 12.8 Å². The van der Waals surface area contributed by atoms with E-state index in [4.69, 9.17) is 9.15 Å². The Labute approximate surface area is 126 Å². The number of nitrogens with zero attached hydrogens (tertiary/aromatic N) is 3. The fourth-order valence-electron chi connectivity index (χ4n) is 3.23. The normalized spacial score (nSPS) is 26.1. The van der Waals surface area contributed by atoms with Crippen LogP contribution in [0, 0.1) is 5.92 Å². The summed E-state index contributed by atoms with van der Waals surface area (Å²) >= 11 is 0. The molecule has 0 aromatic carbocycles. The highest BCUT2D eigenvalue weighted by molar-refractivity contribution is 5.29. The van der Waals surface area contributed by atoms with Crippen LogP contribution in [-0.2, 0) is 11.3 Å². The van der Waals surface area contributed by atoms with E-state index < -0.39 is 0 Å². The molecule has 0 radical (unpaired) electrons. The summed E-state index contributed by atoms with van der Waals surface area (Å²) in [5, 5.41) is 11.7. The van der Waals surface area contributed by atoms with Gasteiger partial charge in [0.1, 0.15) is 0 Å². The maximum Gasteiger partial charge on any atom is 0.318 e. The summed E-state index contributed by atoms with van der Waals surface area (Å²) in [5.41, 5.74) is 0. The van der Waals surface area contributed by atoms with Gasteiger partial charge in [-0.15, -0.1) is 5.10 Å². The van der Waals surface area contributed by atoms with Gasteiger partial charge in [0, 0.05) is 6.54 Å². The molecule has 2 heterocycles. The largest absolute Gasteiger partial charge is 0.407 e. The SMILES string of the molecule is CC(C)CNCc1nnc(N2CCOC3CCCCC32)o1. The molecule has 1 N–H and O–H groups in total. The van der Waals surface area contributed by atoms with Gasteiger partial charge in [-0.3, -0.25) is 0 Å².